The maximum atomic E-state index is 12.6. The van der Waals surface area contributed by atoms with Gasteiger partial charge in [-0.3, -0.25) is 14.5 Å². The summed E-state index contributed by atoms with van der Waals surface area (Å²) in [4.78, 5) is 31.4. The predicted octanol–water partition coefficient (Wildman–Crippen LogP) is 3.67. The molecule has 2 heterocycles. The number of carbonyl (C=O) groups is 2. The Balaban J connectivity index is 1.98. The van der Waals surface area contributed by atoms with Crippen LogP contribution in [0.3, 0.4) is 0 Å². The van der Waals surface area contributed by atoms with E-state index >= 15 is 0 Å². The van der Waals surface area contributed by atoms with Gasteiger partial charge in [0.25, 0.3) is 0 Å². The first-order valence-electron chi connectivity index (χ1n) is 8.06. The molecule has 4 nitrogen and oxygen atoms in total. The molecule has 1 amide bonds. The van der Waals surface area contributed by atoms with Gasteiger partial charge in [0.05, 0.1) is 17.5 Å². The lowest BCUT2D eigenvalue weighted by atomic mass is 9.90. The van der Waals surface area contributed by atoms with Crippen molar-refractivity contribution in [3.8, 4) is 0 Å². The van der Waals surface area contributed by atoms with Crippen LogP contribution in [0.2, 0.25) is 0 Å². The van der Waals surface area contributed by atoms with Crippen molar-refractivity contribution >= 4 is 34.3 Å². The number of hydrogen-bond donors (Lipinski definition) is 0. The van der Waals surface area contributed by atoms with Crippen LogP contribution in [-0.4, -0.2) is 27.5 Å². The highest BCUT2D eigenvalue weighted by Gasteiger charge is 2.42. The number of ketones is 1. The molecular weight excluding hydrogens is 332 g/mol. The Hall–Kier alpha value is -2.66. The number of fused-ring (bicyclic) bond motifs is 1. The zero-order valence-electron chi connectivity index (χ0n) is 13.7. The highest BCUT2D eigenvalue weighted by atomic mass is 32.2. The van der Waals surface area contributed by atoms with Gasteiger partial charge in [0.15, 0.2) is 11.0 Å². The van der Waals surface area contributed by atoms with Crippen molar-refractivity contribution in [1.29, 1.82) is 0 Å². The Labute approximate surface area is 150 Å². The molecule has 2 aromatic carbocycles. The van der Waals surface area contributed by atoms with E-state index in [2.05, 4.69) is 4.99 Å². The van der Waals surface area contributed by atoms with Crippen LogP contribution in [0.1, 0.15) is 24.1 Å². The van der Waals surface area contributed by atoms with E-state index in [1.807, 2.05) is 60.7 Å². The Morgan fingerprint density at radius 3 is 2.36 bits per heavy atom. The minimum Gasteiger partial charge on any atom is -0.295 e. The fourth-order valence-corrected chi connectivity index (χ4v) is 4.15. The summed E-state index contributed by atoms with van der Waals surface area (Å²) < 4.78 is 0. The third-order valence-electron chi connectivity index (χ3n) is 4.34. The van der Waals surface area contributed by atoms with Gasteiger partial charge in [0.1, 0.15) is 0 Å². The molecule has 0 radical (unpaired) electrons. The summed E-state index contributed by atoms with van der Waals surface area (Å²) in [5, 5.41) is 0.669. The topological polar surface area (TPSA) is 49.7 Å². The highest BCUT2D eigenvalue weighted by Crippen LogP contribution is 2.43. The van der Waals surface area contributed by atoms with Crippen LogP contribution >= 0.6 is 11.8 Å². The summed E-state index contributed by atoms with van der Waals surface area (Å²) in [5.41, 5.74) is 3.04. The molecule has 0 unspecified atom stereocenters. The van der Waals surface area contributed by atoms with Crippen LogP contribution < -0.4 is 0 Å². The second-order valence-electron chi connectivity index (χ2n) is 5.94. The molecule has 0 aliphatic carbocycles. The van der Waals surface area contributed by atoms with Gasteiger partial charge in [-0.15, -0.1) is 0 Å². The molecule has 0 saturated carbocycles. The van der Waals surface area contributed by atoms with Crippen LogP contribution in [0.25, 0.3) is 5.70 Å². The molecule has 0 bridgehead atoms. The normalized spacial score (nSPS) is 19.7. The molecule has 0 aromatic heterocycles. The van der Waals surface area contributed by atoms with Crippen molar-refractivity contribution in [2.24, 2.45) is 4.99 Å². The molecule has 5 heteroatoms. The largest absolute Gasteiger partial charge is 0.295 e. The molecule has 25 heavy (non-hydrogen) atoms. The van der Waals surface area contributed by atoms with Gasteiger partial charge in [-0.05, 0) is 12.5 Å². The molecule has 1 saturated heterocycles. The standard InChI is InChI=1S/C20H16N2O2S/c1-13(23)17-18(14-8-4-2-5-9-14)21-20-22(16(24)12-25-20)19(17)15-10-6-3-7-11-15/h2-11,19H,12H2,1H3/t19-/m1/s1. The first-order chi connectivity index (χ1) is 12.2. The molecular formula is C20H16N2O2S. The second-order valence-corrected chi connectivity index (χ2v) is 6.89. The first kappa shape index (κ1) is 15.8. The number of hydrogen-bond acceptors (Lipinski definition) is 4. The van der Waals surface area contributed by atoms with Gasteiger partial charge in [-0.1, -0.05) is 72.4 Å². The van der Waals surface area contributed by atoms with E-state index in [0.717, 1.165) is 11.1 Å². The molecule has 0 N–H and O–H groups in total. The van der Waals surface area contributed by atoms with Gasteiger partial charge >= 0.3 is 0 Å². The summed E-state index contributed by atoms with van der Waals surface area (Å²) in [6.07, 6.45) is 0. The van der Waals surface area contributed by atoms with E-state index < -0.39 is 6.04 Å². The monoisotopic (exact) mass is 348 g/mol. The molecule has 0 spiro atoms. The quantitative estimate of drug-likeness (QED) is 0.850. The Morgan fingerprint density at radius 1 is 1.08 bits per heavy atom. The number of aliphatic imine (C=N–C) groups is 1. The molecule has 124 valence electrons. The molecule has 1 atom stereocenters. The fourth-order valence-electron chi connectivity index (χ4n) is 3.25. The highest BCUT2D eigenvalue weighted by molar-refractivity contribution is 8.15. The Morgan fingerprint density at radius 2 is 1.72 bits per heavy atom. The Bertz CT molecular complexity index is 904. The summed E-state index contributed by atoms with van der Waals surface area (Å²) in [5.74, 6) is 0.277. The lowest BCUT2D eigenvalue weighted by Crippen LogP contribution is -2.38. The summed E-state index contributed by atoms with van der Waals surface area (Å²) in [7, 11) is 0. The van der Waals surface area contributed by atoms with Gasteiger partial charge in [-0.2, -0.15) is 0 Å². The lowest BCUT2D eigenvalue weighted by molar-refractivity contribution is -0.125. The van der Waals surface area contributed by atoms with Crippen LogP contribution in [-0.2, 0) is 9.59 Å². The number of rotatable bonds is 3. The van der Waals surface area contributed by atoms with E-state index in [9.17, 15) is 9.59 Å². The van der Waals surface area contributed by atoms with Crippen molar-refractivity contribution in [1.82, 2.24) is 4.90 Å². The molecule has 2 aliphatic rings. The molecule has 2 aromatic rings. The zero-order chi connectivity index (χ0) is 17.4. The summed E-state index contributed by atoms with van der Waals surface area (Å²) in [6, 6.07) is 18.9. The number of benzene rings is 2. The van der Waals surface area contributed by atoms with Gasteiger partial charge < -0.3 is 0 Å². The third-order valence-corrected chi connectivity index (χ3v) is 5.27. The minimum atomic E-state index is -0.427. The van der Waals surface area contributed by atoms with Crippen molar-refractivity contribution in [2.45, 2.75) is 13.0 Å². The van der Waals surface area contributed by atoms with Crippen molar-refractivity contribution in [3.63, 3.8) is 0 Å². The molecule has 2 aliphatic heterocycles. The number of nitrogens with zero attached hydrogens (tertiary/aromatic N) is 2. The maximum absolute atomic E-state index is 12.6. The Kier molecular flexibility index (Phi) is 4.01. The van der Waals surface area contributed by atoms with E-state index in [1.54, 1.807) is 11.8 Å². The van der Waals surface area contributed by atoms with E-state index in [0.29, 0.717) is 22.2 Å². The average Bonchev–Trinajstić information content (AvgIpc) is 3.02. The van der Waals surface area contributed by atoms with Crippen molar-refractivity contribution in [3.05, 3.63) is 77.4 Å². The van der Waals surface area contributed by atoms with E-state index in [1.165, 1.54) is 11.8 Å². The molecule has 4 rings (SSSR count). The first-order valence-corrected chi connectivity index (χ1v) is 9.04. The third kappa shape index (κ3) is 2.70. The number of carbonyl (C=O) groups excluding carboxylic acids is 2. The maximum Gasteiger partial charge on any atom is 0.239 e. The van der Waals surface area contributed by atoms with Crippen molar-refractivity contribution < 1.29 is 9.59 Å². The van der Waals surface area contributed by atoms with Gasteiger partial charge in [-0.25, -0.2) is 4.99 Å². The predicted molar refractivity (Wildman–Crippen MR) is 100.0 cm³/mol. The number of amidine groups is 1. The van der Waals surface area contributed by atoms with Crippen LogP contribution in [0.5, 0.6) is 0 Å². The number of Topliss-reactive ketones (excluding diaryl/α,β-unsaturated/α-hetero) is 1. The van der Waals surface area contributed by atoms with Crippen LogP contribution in [0.15, 0.2) is 71.2 Å². The summed E-state index contributed by atoms with van der Waals surface area (Å²) in [6.45, 7) is 1.54. The van der Waals surface area contributed by atoms with E-state index in [4.69, 9.17) is 0 Å². The van der Waals surface area contributed by atoms with Gasteiger partial charge in [0.2, 0.25) is 5.91 Å². The van der Waals surface area contributed by atoms with Crippen LogP contribution in [0.4, 0.5) is 0 Å². The average molecular weight is 348 g/mol. The fraction of sp³-hybridized carbons (Fsp3) is 0.150. The van der Waals surface area contributed by atoms with E-state index in [-0.39, 0.29) is 11.7 Å². The smallest absolute Gasteiger partial charge is 0.239 e. The SMILES string of the molecule is CC(=O)C1=C(c2ccccc2)N=C2SCC(=O)N2[C@@H]1c1ccccc1. The minimum absolute atomic E-state index is 0.0107. The van der Waals surface area contributed by atoms with Gasteiger partial charge in [0, 0.05) is 11.1 Å². The lowest BCUT2D eigenvalue weighted by Gasteiger charge is -2.33. The zero-order valence-corrected chi connectivity index (χ0v) is 14.5. The summed E-state index contributed by atoms with van der Waals surface area (Å²) >= 11 is 1.43. The van der Waals surface area contributed by atoms with Crippen LogP contribution in [0, 0.1) is 0 Å². The number of thioether (sulfide) groups is 1. The van der Waals surface area contributed by atoms with Crippen molar-refractivity contribution in [2.75, 3.05) is 5.75 Å². The molecule has 1 fully saturated rings. The second kappa shape index (κ2) is 6.33. The number of amides is 1.